The zero-order valence-electron chi connectivity index (χ0n) is 19.3. The second-order valence-electron chi connectivity index (χ2n) is 8.24. The molecule has 0 bridgehead atoms. The maximum absolute atomic E-state index is 13.1. The number of ether oxygens (including phenoxy) is 1. The molecule has 3 N–H and O–H groups in total. The molecule has 4 rings (SSSR count). The minimum Gasteiger partial charge on any atom is -0.376 e. The van der Waals surface area contributed by atoms with Gasteiger partial charge in [-0.15, -0.1) is 0 Å². The molecule has 9 heteroatoms. The highest BCUT2D eigenvalue weighted by Gasteiger charge is 2.21. The molecule has 0 aliphatic carbocycles. The summed E-state index contributed by atoms with van der Waals surface area (Å²) in [6, 6.07) is 19.5. The Hall–Kier alpha value is -3.69. The van der Waals surface area contributed by atoms with Crippen LogP contribution < -0.4 is 15.4 Å². The van der Waals surface area contributed by atoms with E-state index < -0.39 is 15.9 Å². The summed E-state index contributed by atoms with van der Waals surface area (Å²) in [6.07, 6.45) is 1.89. The molecule has 182 valence electrons. The molecule has 3 aromatic rings. The maximum atomic E-state index is 13.1. The second-order valence-corrected chi connectivity index (χ2v) is 9.92. The third-order valence-electron chi connectivity index (χ3n) is 5.81. The van der Waals surface area contributed by atoms with E-state index in [1.54, 1.807) is 67.6 Å². The molecule has 1 aliphatic heterocycles. The van der Waals surface area contributed by atoms with Gasteiger partial charge in [-0.25, -0.2) is 8.42 Å². The van der Waals surface area contributed by atoms with Gasteiger partial charge in [-0.05, 0) is 61.7 Å². The first-order chi connectivity index (χ1) is 16.8. The van der Waals surface area contributed by atoms with E-state index in [1.165, 1.54) is 12.1 Å². The number of anilines is 2. The fraction of sp³-hybridized carbons (Fsp3) is 0.231. The van der Waals surface area contributed by atoms with E-state index in [1.807, 2.05) is 0 Å². The number of para-hydroxylation sites is 1. The number of rotatable bonds is 8. The van der Waals surface area contributed by atoms with Crippen molar-refractivity contribution in [2.75, 3.05) is 23.2 Å². The van der Waals surface area contributed by atoms with Crippen LogP contribution in [0.2, 0.25) is 0 Å². The van der Waals surface area contributed by atoms with Gasteiger partial charge in [0.05, 0.1) is 27.9 Å². The predicted octanol–water partition coefficient (Wildman–Crippen LogP) is 3.96. The van der Waals surface area contributed by atoms with Gasteiger partial charge in [0.25, 0.3) is 21.8 Å². The van der Waals surface area contributed by atoms with Crippen molar-refractivity contribution in [3.05, 3.63) is 89.5 Å². The predicted molar refractivity (Wildman–Crippen MR) is 134 cm³/mol. The van der Waals surface area contributed by atoms with Gasteiger partial charge in [0, 0.05) is 18.7 Å². The minimum atomic E-state index is -3.81. The molecule has 0 aromatic heterocycles. The molecule has 1 unspecified atom stereocenters. The first kappa shape index (κ1) is 24.4. The van der Waals surface area contributed by atoms with Crippen LogP contribution in [-0.2, 0) is 14.8 Å². The number of hydrogen-bond acceptors (Lipinski definition) is 5. The highest BCUT2D eigenvalue weighted by Crippen LogP contribution is 2.24. The average molecular weight is 494 g/mol. The molecular formula is C26H27N3O5S. The molecule has 0 spiro atoms. The Morgan fingerprint density at radius 1 is 0.886 bits per heavy atom. The van der Waals surface area contributed by atoms with E-state index in [9.17, 15) is 18.0 Å². The lowest BCUT2D eigenvalue weighted by molar-refractivity contribution is 0.0858. The largest absolute Gasteiger partial charge is 0.376 e. The van der Waals surface area contributed by atoms with Crippen LogP contribution >= 0.6 is 0 Å². The molecule has 1 heterocycles. The van der Waals surface area contributed by atoms with Crippen LogP contribution in [0.15, 0.2) is 77.7 Å². The molecule has 0 saturated carbocycles. The Morgan fingerprint density at radius 3 is 2.31 bits per heavy atom. The zero-order valence-corrected chi connectivity index (χ0v) is 20.1. The van der Waals surface area contributed by atoms with Crippen LogP contribution in [0.1, 0.15) is 39.1 Å². The lowest BCUT2D eigenvalue weighted by Crippen LogP contribution is -2.32. The number of benzene rings is 3. The first-order valence-electron chi connectivity index (χ1n) is 11.3. The maximum Gasteiger partial charge on any atom is 0.261 e. The van der Waals surface area contributed by atoms with Crippen molar-refractivity contribution in [1.82, 2.24) is 5.32 Å². The van der Waals surface area contributed by atoms with Crippen molar-refractivity contribution in [2.24, 2.45) is 0 Å². The van der Waals surface area contributed by atoms with Gasteiger partial charge in [-0.2, -0.15) is 0 Å². The van der Waals surface area contributed by atoms with Crippen molar-refractivity contribution >= 4 is 33.2 Å². The van der Waals surface area contributed by atoms with Gasteiger partial charge in [0.2, 0.25) is 0 Å². The molecule has 1 fully saturated rings. The van der Waals surface area contributed by atoms with Crippen LogP contribution in [-0.4, -0.2) is 39.5 Å². The smallest absolute Gasteiger partial charge is 0.261 e. The number of amides is 2. The molecule has 35 heavy (non-hydrogen) atoms. The number of nitrogens with one attached hydrogen (secondary N) is 3. The Morgan fingerprint density at radius 2 is 1.57 bits per heavy atom. The molecule has 2 amide bonds. The number of carbonyl (C=O) groups is 2. The van der Waals surface area contributed by atoms with Crippen molar-refractivity contribution in [1.29, 1.82) is 0 Å². The summed E-state index contributed by atoms with van der Waals surface area (Å²) in [7, 11) is -3.81. The van der Waals surface area contributed by atoms with Gasteiger partial charge < -0.3 is 15.4 Å². The summed E-state index contributed by atoms with van der Waals surface area (Å²) in [4.78, 5) is 26.0. The summed E-state index contributed by atoms with van der Waals surface area (Å²) >= 11 is 0. The first-order valence-corrected chi connectivity index (χ1v) is 12.8. The van der Waals surface area contributed by atoms with Crippen LogP contribution in [0.4, 0.5) is 11.4 Å². The second kappa shape index (κ2) is 10.7. The normalized spacial score (nSPS) is 15.4. The van der Waals surface area contributed by atoms with E-state index in [2.05, 4.69) is 15.4 Å². The monoisotopic (exact) mass is 493 g/mol. The quantitative estimate of drug-likeness (QED) is 0.440. The van der Waals surface area contributed by atoms with Crippen LogP contribution in [0.25, 0.3) is 0 Å². The van der Waals surface area contributed by atoms with E-state index in [-0.39, 0.29) is 22.5 Å². The molecule has 1 atom stereocenters. The van der Waals surface area contributed by atoms with E-state index in [4.69, 9.17) is 4.74 Å². The lowest BCUT2D eigenvalue weighted by atomic mass is 10.1. The highest BCUT2D eigenvalue weighted by molar-refractivity contribution is 7.92. The van der Waals surface area contributed by atoms with Crippen LogP contribution in [0, 0.1) is 6.92 Å². The van der Waals surface area contributed by atoms with Crippen molar-refractivity contribution in [3.8, 4) is 0 Å². The van der Waals surface area contributed by atoms with Gasteiger partial charge in [0.15, 0.2) is 0 Å². The number of carbonyl (C=O) groups excluding carboxylic acids is 2. The summed E-state index contributed by atoms with van der Waals surface area (Å²) < 4.78 is 33.6. The lowest BCUT2D eigenvalue weighted by Gasteiger charge is -2.16. The van der Waals surface area contributed by atoms with Gasteiger partial charge in [-0.3, -0.25) is 14.3 Å². The van der Waals surface area contributed by atoms with Crippen LogP contribution in [0.3, 0.4) is 0 Å². The average Bonchev–Trinajstić information content (AvgIpc) is 3.38. The number of sulfonamides is 1. The standard InChI is InChI=1S/C26H27N3O5S/c1-18-21(13-7-15-23(18)29-35(32,33)20-10-3-2-4-11-20)26(31)28-24-14-6-5-12-22(24)25(30)27-17-19-9-8-16-34-19/h2-7,10-15,19,29H,8-9,16-17H2,1H3,(H,27,30)(H,28,31). The Bertz CT molecular complexity index is 1320. The van der Waals surface area contributed by atoms with Gasteiger partial charge in [-0.1, -0.05) is 36.4 Å². The van der Waals surface area contributed by atoms with Gasteiger partial charge >= 0.3 is 0 Å². The van der Waals surface area contributed by atoms with Gasteiger partial charge in [0.1, 0.15) is 0 Å². The Balaban J connectivity index is 1.50. The topological polar surface area (TPSA) is 114 Å². The molecule has 3 aromatic carbocycles. The number of hydrogen-bond donors (Lipinski definition) is 3. The van der Waals surface area contributed by atoms with Crippen molar-refractivity contribution in [3.63, 3.8) is 0 Å². The van der Waals surface area contributed by atoms with Crippen LogP contribution in [0.5, 0.6) is 0 Å². The third kappa shape index (κ3) is 5.87. The summed E-state index contributed by atoms with van der Waals surface area (Å²) in [5.41, 5.74) is 1.73. The molecule has 8 nitrogen and oxygen atoms in total. The van der Waals surface area contributed by atoms with E-state index in [0.717, 1.165) is 12.8 Å². The molecular weight excluding hydrogens is 466 g/mol. The summed E-state index contributed by atoms with van der Waals surface area (Å²) in [6.45, 7) is 2.77. The zero-order chi connectivity index (χ0) is 24.8. The van der Waals surface area contributed by atoms with E-state index >= 15 is 0 Å². The molecule has 0 radical (unpaired) electrons. The van der Waals surface area contributed by atoms with E-state index in [0.29, 0.717) is 35.7 Å². The van der Waals surface area contributed by atoms with Crippen molar-refractivity contribution in [2.45, 2.75) is 30.8 Å². The fourth-order valence-corrected chi connectivity index (χ4v) is 5.03. The fourth-order valence-electron chi connectivity index (χ4n) is 3.88. The Labute approximate surface area is 204 Å². The third-order valence-corrected chi connectivity index (χ3v) is 7.19. The Kier molecular flexibility index (Phi) is 7.48. The van der Waals surface area contributed by atoms with Crippen molar-refractivity contribution < 1.29 is 22.7 Å². The minimum absolute atomic E-state index is 0.00533. The summed E-state index contributed by atoms with van der Waals surface area (Å²) in [5, 5.41) is 5.65. The molecule has 1 saturated heterocycles. The highest BCUT2D eigenvalue weighted by atomic mass is 32.2. The summed E-state index contributed by atoms with van der Waals surface area (Å²) in [5.74, 6) is -0.764. The molecule has 1 aliphatic rings. The SMILES string of the molecule is Cc1c(NS(=O)(=O)c2ccccc2)cccc1C(=O)Nc1ccccc1C(=O)NCC1CCCO1.